The minimum absolute atomic E-state index is 0.0865. The third-order valence-electron chi connectivity index (χ3n) is 2.83. The second-order valence-electron chi connectivity index (χ2n) is 4.55. The molecule has 0 bridgehead atoms. The van der Waals surface area contributed by atoms with Gasteiger partial charge in [0.2, 0.25) is 0 Å². The van der Waals surface area contributed by atoms with E-state index in [2.05, 4.69) is 19.2 Å². The molecule has 0 aliphatic carbocycles. The molecular weight excluding hydrogens is 244 g/mol. The van der Waals surface area contributed by atoms with Crippen molar-refractivity contribution in [2.45, 2.75) is 19.4 Å². The first-order valence-corrected chi connectivity index (χ1v) is 6.48. The third kappa shape index (κ3) is 2.24. The summed E-state index contributed by atoms with van der Waals surface area (Å²) in [5.41, 5.74) is -0.133. The molecule has 0 spiro atoms. The maximum Gasteiger partial charge on any atom is 0.264 e. The number of carbonyl (C=O) groups is 1. The Kier molecular flexibility index (Phi) is 3.24. The Bertz CT molecular complexity index is 402. The van der Waals surface area contributed by atoms with E-state index in [1.165, 1.54) is 11.3 Å². The van der Waals surface area contributed by atoms with Crippen LogP contribution in [-0.4, -0.2) is 36.0 Å². The Morgan fingerprint density at radius 1 is 1.56 bits per heavy atom. The summed E-state index contributed by atoms with van der Waals surface area (Å²) in [6.07, 6.45) is 0. The van der Waals surface area contributed by atoms with Crippen LogP contribution in [0, 0.1) is 0 Å². The van der Waals surface area contributed by atoms with E-state index in [9.17, 15) is 4.79 Å². The zero-order valence-electron chi connectivity index (χ0n) is 9.42. The summed E-state index contributed by atoms with van der Waals surface area (Å²) in [5, 5.41) is 3.30. The van der Waals surface area contributed by atoms with Gasteiger partial charge in [-0.15, -0.1) is 11.3 Å². The average molecular weight is 259 g/mol. The molecule has 1 saturated heterocycles. The fourth-order valence-corrected chi connectivity index (χ4v) is 2.91. The highest BCUT2D eigenvalue weighted by molar-refractivity contribution is 7.17. The van der Waals surface area contributed by atoms with Crippen LogP contribution in [0.5, 0.6) is 0 Å². The van der Waals surface area contributed by atoms with E-state index in [-0.39, 0.29) is 11.4 Å². The summed E-state index contributed by atoms with van der Waals surface area (Å²) in [6, 6.07) is 3.57. The Morgan fingerprint density at radius 3 is 2.88 bits per heavy atom. The van der Waals surface area contributed by atoms with E-state index >= 15 is 0 Å². The van der Waals surface area contributed by atoms with Crippen molar-refractivity contribution in [1.29, 1.82) is 0 Å². The van der Waals surface area contributed by atoms with E-state index in [0.29, 0.717) is 4.34 Å². The maximum absolute atomic E-state index is 12.3. The largest absolute Gasteiger partial charge is 0.330 e. The van der Waals surface area contributed by atoms with Crippen molar-refractivity contribution in [1.82, 2.24) is 10.2 Å². The van der Waals surface area contributed by atoms with Gasteiger partial charge < -0.3 is 10.2 Å². The predicted octanol–water partition coefficient (Wildman–Crippen LogP) is 2.23. The van der Waals surface area contributed by atoms with Crippen molar-refractivity contribution < 1.29 is 4.79 Å². The van der Waals surface area contributed by atoms with Gasteiger partial charge in [0.05, 0.1) is 14.8 Å². The molecule has 1 aliphatic heterocycles. The molecule has 0 saturated carbocycles. The van der Waals surface area contributed by atoms with Gasteiger partial charge in [-0.2, -0.15) is 0 Å². The molecule has 3 nitrogen and oxygen atoms in total. The minimum atomic E-state index is -0.133. The number of nitrogens with zero attached hydrogens (tertiary/aromatic N) is 1. The van der Waals surface area contributed by atoms with E-state index in [1.807, 2.05) is 4.90 Å². The van der Waals surface area contributed by atoms with Crippen LogP contribution in [0.4, 0.5) is 0 Å². The maximum atomic E-state index is 12.3. The molecule has 1 aromatic heterocycles. The molecular formula is C11H15ClN2OS. The van der Waals surface area contributed by atoms with E-state index in [0.717, 1.165) is 24.5 Å². The van der Waals surface area contributed by atoms with Gasteiger partial charge in [0.25, 0.3) is 5.91 Å². The van der Waals surface area contributed by atoms with Gasteiger partial charge in [0, 0.05) is 19.6 Å². The molecule has 1 amide bonds. The third-order valence-corrected chi connectivity index (χ3v) is 4.05. The lowest BCUT2D eigenvalue weighted by Gasteiger charge is -2.42. The minimum Gasteiger partial charge on any atom is -0.330 e. The van der Waals surface area contributed by atoms with Crippen LogP contribution >= 0.6 is 22.9 Å². The average Bonchev–Trinajstić information content (AvgIpc) is 2.63. The monoisotopic (exact) mass is 258 g/mol. The molecule has 0 unspecified atom stereocenters. The van der Waals surface area contributed by atoms with Crippen molar-refractivity contribution in [3.63, 3.8) is 0 Å². The second kappa shape index (κ2) is 4.35. The number of rotatable bonds is 1. The standard InChI is InChI=1S/C11H15ClN2OS/c1-11(2)7-13-5-6-14(11)10(15)8-3-4-9(12)16-8/h3-4,13H,5-7H2,1-2H3. The number of nitrogens with one attached hydrogen (secondary N) is 1. The van der Waals surface area contributed by atoms with Crippen LogP contribution in [0.1, 0.15) is 23.5 Å². The lowest BCUT2D eigenvalue weighted by Crippen LogP contribution is -2.59. The molecule has 2 heterocycles. The van der Waals surface area contributed by atoms with Gasteiger partial charge in [-0.05, 0) is 26.0 Å². The summed E-state index contributed by atoms with van der Waals surface area (Å²) in [7, 11) is 0. The Balaban J connectivity index is 2.20. The van der Waals surface area contributed by atoms with Gasteiger partial charge in [-0.3, -0.25) is 4.79 Å². The summed E-state index contributed by atoms with van der Waals surface area (Å²) in [6.45, 7) is 6.59. The fraction of sp³-hybridized carbons (Fsp3) is 0.545. The molecule has 5 heteroatoms. The lowest BCUT2D eigenvalue weighted by molar-refractivity contribution is 0.0482. The van der Waals surface area contributed by atoms with E-state index in [1.54, 1.807) is 12.1 Å². The number of amides is 1. The summed E-state index contributed by atoms with van der Waals surface area (Å²) < 4.78 is 0.663. The molecule has 1 aliphatic rings. The number of hydrogen-bond acceptors (Lipinski definition) is 3. The highest BCUT2D eigenvalue weighted by Gasteiger charge is 2.34. The zero-order chi connectivity index (χ0) is 11.8. The number of hydrogen-bond donors (Lipinski definition) is 1. The van der Waals surface area contributed by atoms with Crippen LogP contribution in [-0.2, 0) is 0 Å². The number of piperazine rings is 1. The fourth-order valence-electron chi connectivity index (χ4n) is 1.92. The molecule has 0 atom stereocenters. The Hall–Kier alpha value is -0.580. The van der Waals surface area contributed by atoms with E-state index in [4.69, 9.17) is 11.6 Å². The van der Waals surface area contributed by atoms with Crippen LogP contribution in [0.3, 0.4) is 0 Å². The molecule has 1 N–H and O–H groups in total. The molecule has 88 valence electrons. The van der Waals surface area contributed by atoms with Crippen LogP contribution in [0.2, 0.25) is 4.34 Å². The Labute approximate surface area is 104 Å². The topological polar surface area (TPSA) is 32.3 Å². The van der Waals surface area contributed by atoms with E-state index < -0.39 is 0 Å². The number of carbonyl (C=O) groups excluding carboxylic acids is 1. The number of thiophene rings is 1. The quantitative estimate of drug-likeness (QED) is 0.838. The van der Waals surface area contributed by atoms with Crippen LogP contribution in [0.25, 0.3) is 0 Å². The van der Waals surface area contributed by atoms with Crippen molar-refractivity contribution in [3.8, 4) is 0 Å². The molecule has 2 rings (SSSR count). The summed E-state index contributed by atoms with van der Waals surface area (Å²) in [4.78, 5) is 14.9. The second-order valence-corrected chi connectivity index (χ2v) is 6.26. The van der Waals surface area contributed by atoms with Crippen molar-refractivity contribution >= 4 is 28.8 Å². The van der Waals surface area contributed by atoms with Crippen molar-refractivity contribution in [2.75, 3.05) is 19.6 Å². The van der Waals surface area contributed by atoms with Gasteiger partial charge in [0.15, 0.2) is 0 Å². The van der Waals surface area contributed by atoms with Crippen LogP contribution in [0.15, 0.2) is 12.1 Å². The molecule has 1 fully saturated rings. The number of halogens is 1. The smallest absolute Gasteiger partial charge is 0.264 e. The van der Waals surface area contributed by atoms with Gasteiger partial charge in [-0.1, -0.05) is 11.6 Å². The summed E-state index contributed by atoms with van der Waals surface area (Å²) >= 11 is 7.19. The predicted molar refractivity (Wildman–Crippen MR) is 67.3 cm³/mol. The first kappa shape index (κ1) is 11.9. The van der Waals surface area contributed by atoms with Crippen molar-refractivity contribution in [2.24, 2.45) is 0 Å². The van der Waals surface area contributed by atoms with Gasteiger partial charge in [-0.25, -0.2) is 0 Å². The first-order valence-electron chi connectivity index (χ1n) is 5.29. The zero-order valence-corrected chi connectivity index (χ0v) is 11.0. The Morgan fingerprint density at radius 2 is 2.31 bits per heavy atom. The van der Waals surface area contributed by atoms with Gasteiger partial charge >= 0.3 is 0 Å². The lowest BCUT2D eigenvalue weighted by atomic mass is 10.00. The van der Waals surface area contributed by atoms with Gasteiger partial charge in [0.1, 0.15) is 0 Å². The highest BCUT2D eigenvalue weighted by atomic mass is 35.5. The van der Waals surface area contributed by atoms with Crippen LogP contribution < -0.4 is 5.32 Å². The molecule has 16 heavy (non-hydrogen) atoms. The summed E-state index contributed by atoms with van der Waals surface area (Å²) in [5.74, 6) is 0.0865. The normalized spacial score (nSPS) is 19.8. The highest BCUT2D eigenvalue weighted by Crippen LogP contribution is 2.26. The molecule has 1 aromatic rings. The molecule has 0 aromatic carbocycles. The SMILES string of the molecule is CC1(C)CNCCN1C(=O)c1ccc(Cl)s1. The first-order chi connectivity index (χ1) is 7.50. The van der Waals surface area contributed by atoms with Crippen molar-refractivity contribution in [3.05, 3.63) is 21.3 Å². The molecule has 0 radical (unpaired) electrons.